The second-order valence-corrected chi connectivity index (χ2v) is 5.48. The standard InChI is InChI=1S/C19H21NO4/c1-20(12-14-7-9-16(10-8-14)19(22)24-3)18(21)17-6-4-5-15(11-17)13-23-2/h4-11H,12-13H2,1-3H3. The Labute approximate surface area is 141 Å². The third-order valence-corrected chi connectivity index (χ3v) is 3.63. The summed E-state index contributed by atoms with van der Waals surface area (Å²) in [6.07, 6.45) is 0. The monoisotopic (exact) mass is 327 g/mol. The molecule has 1 amide bonds. The van der Waals surface area contributed by atoms with Gasteiger partial charge in [-0.2, -0.15) is 0 Å². The van der Waals surface area contributed by atoms with Gasteiger partial charge in [-0.1, -0.05) is 24.3 Å². The average molecular weight is 327 g/mol. The van der Waals surface area contributed by atoms with Crippen molar-refractivity contribution in [2.24, 2.45) is 0 Å². The molecular weight excluding hydrogens is 306 g/mol. The van der Waals surface area contributed by atoms with Crippen LogP contribution in [0.5, 0.6) is 0 Å². The number of hydrogen-bond donors (Lipinski definition) is 0. The van der Waals surface area contributed by atoms with Crippen LogP contribution in [-0.4, -0.2) is 38.0 Å². The maximum atomic E-state index is 12.5. The molecule has 0 atom stereocenters. The van der Waals surface area contributed by atoms with Crippen LogP contribution in [0.2, 0.25) is 0 Å². The highest BCUT2D eigenvalue weighted by molar-refractivity contribution is 5.94. The molecule has 0 fully saturated rings. The van der Waals surface area contributed by atoms with Crippen LogP contribution in [0.4, 0.5) is 0 Å². The van der Waals surface area contributed by atoms with Crippen molar-refractivity contribution >= 4 is 11.9 Å². The highest BCUT2D eigenvalue weighted by Gasteiger charge is 2.13. The minimum atomic E-state index is -0.374. The van der Waals surface area contributed by atoms with Crippen LogP contribution in [0.25, 0.3) is 0 Å². The van der Waals surface area contributed by atoms with Crippen LogP contribution in [0.1, 0.15) is 31.8 Å². The van der Waals surface area contributed by atoms with Gasteiger partial charge in [-0.05, 0) is 35.4 Å². The Kier molecular flexibility index (Phi) is 6.09. The number of carbonyl (C=O) groups excluding carboxylic acids is 2. The molecule has 0 aromatic heterocycles. The van der Waals surface area contributed by atoms with Crippen molar-refractivity contribution in [1.82, 2.24) is 4.90 Å². The molecule has 5 heteroatoms. The summed E-state index contributed by atoms with van der Waals surface area (Å²) in [5, 5.41) is 0. The number of rotatable bonds is 6. The predicted molar refractivity (Wildman–Crippen MR) is 90.7 cm³/mol. The van der Waals surface area contributed by atoms with Crippen LogP contribution >= 0.6 is 0 Å². The third kappa shape index (κ3) is 4.43. The van der Waals surface area contributed by atoms with Gasteiger partial charge >= 0.3 is 5.97 Å². The lowest BCUT2D eigenvalue weighted by Crippen LogP contribution is -2.26. The van der Waals surface area contributed by atoms with E-state index >= 15 is 0 Å². The van der Waals surface area contributed by atoms with E-state index in [1.54, 1.807) is 37.3 Å². The van der Waals surface area contributed by atoms with Gasteiger partial charge in [0.1, 0.15) is 0 Å². The normalized spacial score (nSPS) is 10.3. The highest BCUT2D eigenvalue weighted by Crippen LogP contribution is 2.12. The SMILES string of the molecule is COCc1cccc(C(=O)N(C)Cc2ccc(C(=O)OC)cc2)c1. The number of methoxy groups -OCH3 is 2. The van der Waals surface area contributed by atoms with Crippen molar-refractivity contribution in [2.45, 2.75) is 13.2 Å². The van der Waals surface area contributed by atoms with Crippen LogP contribution < -0.4 is 0 Å². The van der Waals surface area contributed by atoms with E-state index in [1.165, 1.54) is 7.11 Å². The van der Waals surface area contributed by atoms with Gasteiger partial charge in [-0.3, -0.25) is 4.79 Å². The van der Waals surface area contributed by atoms with E-state index in [9.17, 15) is 9.59 Å². The molecular formula is C19H21NO4. The maximum absolute atomic E-state index is 12.5. The highest BCUT2D eigenvalue weighted by atomic mass is 16.5. The molecule has 126 valence electrons. The Morgan fingerprint density at radius 1 is 0.958 bits per heavy atom. The van der Waals surface area contributed by atoms with Gasteiger partial charge < -0.3 is 14.4 Å². The molecule has 0 saturated carbocycles. The Morgan fingerprint density at radius 3 is 2.29 bits per heavy atom. The van der Waals surface area contributed by atoms with Gasteiger partial charge in [-0.25, -0.2) is 4.79 Å². The number of ether oxygens (including phenoxy) is 2. The number of nitrogens with zero attached hydrogens (tertiary/aromatic N) is 1. The van der Waals surface area contributed by atoms with Gasteiger partial charge in [0, 0.05) is 26.3 Å². The molecule has 0 saturated heterocycles. The molecule has 0 bridgehead atoms. The quantitative estimate of drug-likeness (QED) is 0.766. The fourth-order valence-corrected chi connectivity index (χ4v) is 2.39. The van der Waals surface area contributed by atoms with Crippen LogP contribution in [0.3, 0.4) is 0 Å². The minimum absolute atomic E-state index is 0.0648. The molecule has 0 unspecified atom stereocenters. The van der Waals surface area contributed by atoms with Crippen molar-refractivity contribution in [2.75, 3.05) is 21.3 Å². The summed E-state index contributed by atoms with van der Waals surface area (Å²) in [6.45, 7) is 0.925. The Hall–Kier alpha value is -2.66. The van der Waals surface area contributed by atoms with E-state index in [0.29, 0.717) is 24.3 Å². The molecule has 0 radical (unpaired) electrons. The lowest BCUT2D eigenvalue weighted by Gasteiger charge is -2.18. The number of carbonyl (C=O) groups is 2. The van der Waals surface area contributed by atoms with Gasteiger partial charge in [-0.15, -0.1) is 0 Å². The summed E-state index contributed by atoms with van der Waals surface area (Å²) in [7, 11) is 4.72. The summed E-state index contributed by atoms with van der Waals surface area (Å²) in [4.78, 5) is 25.6. The van der Waals surface area contributed by atoms with Crippen molar-refractivity contribution in [3.8, 4) is 0 Å². The second kappa shape index (κ2) is 8.26. The zero-order valence-electron chi connectivity index (χ0n) is 14.1. The number of benzene rings is 2. The third-order valence-electron chi connectivity index (χ3n) is 3.63. The predicted octanol–water partition coefficient (Wildman–Crippen LogP) is 2.89. The van der Waals surface area contributed by atoms with Crippen molar-refractivity contribution in [3.05, 3.63) is 70.8 Å². The van der Waals surface area contributed by atoms with Gasteiger partial charge in [0.15, 0.2) is 0 Å². The first-order chi connectivity index (χ1) is 11.5. The zero-order chi connectivity index (χ0) is 17.5. The Morgan fingerprint density at radius 2 is 1.67 bits per heavy atom. The summed E-state index contributed by atoms with van der Waals surface area (Å²) < 4.78 is 9.77. The first-order valence-electron chi connectivity index (χ1n) is 7.55. The van der Waals surface area contributed by atoms with Crippen LogP contribution in [-0.2, 0) is 22.6 Å². The fourth-order valence-electron chi connectivity index (χ4n) is 2.39. The van der Waals surface area contributed by atoms with Gasteiger partial charge in [0.2, 0.25) is 0 Å². The zero-order valence-corrected chi connectivity index (χ0v) is 14.1. The van der Waals surface area contributed by atoms with Gasteiger partial charge in [0.25, 0.3) is 5.91 Å². The average Bonchev–Trinajstić information content (AvgIpc) is 2.61. The Balaban J connectivity index is 2.06. The molecule has 24 heavy (non-hydrogen) atoms. The number of amides is 1. The summed E-state index contributed by atoms with van der Waals surface area (Å²) >= 11 is 0. The van der Waals surface area contributed by atoms with Crippen LogP contribution in [0.15, 0.2) is 48.5 Å². The molecule has 0 heterocycles. The van der Waals surface area contributed by atoms with E-state index in [2.05, 4.69) is 4.74 Å². The largest absolute Gasteiger partial charge is 0.465 e. The van der Waals surface area contributed by atoms with E-state index in [4.69, 9.17) is 4.74 Å². The summed E-state index contributed by atoms with van der Waals surface area (Å²) in [5.41, 5.74) is 3.01. The molecule has 2 rings (SSSR count). The number of hydrogen-bond acceptors (Lipinski definition) is 4. The molecule has 2 aromatic rings. The summed E-state index contributed by atoms with van der Waals surface area (Å²) in [5.74, 6) is -0.439. The molecule has 0 aliphatic heterocycles. The number of esters is 1. The summed E-state index contributed by atoms with van der Waals surface area (Å²) in [6, 6.07) is 14.4. The van der Waals surface area contributed by atoms with Gasteiger partial charge in [0.05, 0.1) is 19.3 Å². The Bertz CT molecular complexity index is 710. The van der Waals surface area contributed by atoms with E-state index in [0.717, 1.165) is 11.1 Å². The molecule has 0 spiro atoms. The molecule has 0 aliphatic carbocycles. The lowest BCUT2D eigenvalue weighted by atomic mass is 10.1. The second-order valence-electron chi connectivity index (χ2n) is 5.48. The van der Waals surface area contributed by atoms with Crippen molar-refractivity contribution < 1.29 is 19.1 Å². The lowest BCUT2D eigenvalue weighted by molar-refractivity contribution is 0.0600. The minimum Gasteiger partial charge on any atom is -0.465 e. The smallest absolute Gasteiger partial charge is 0.337 e. The van der Waals surface area contributed by atoms with E-state index in [1.807, 2.05) is 30.3 Å². The molecule has 0 aliphatic rings. The molecule has 5 nitrogen and oxygen atoms in total. The van der Waals surface area contributed by atoms with Crippen molar-refractivity contribution in [3.63, 3.8) is 0 Å². The molecule has 0 N–H and O–H groups in total. The fraction of sp³-hybridized carbons (Fsp3) is 0.263. The van der Waals surface area contributed by atoms with Crippen molar-refractivity contribution in [1.29, 1.82) is 0 Å². The van der Waals surface area contributed by atoms with E-state index in [-0.39, 0.29) is 11.9 Å². The van der Waals surface area contributed by atoms with E-state index < -0.39 is 0 Å². The maximum Gasteiger partial charge on any atom is 0.337 e. The van der Waals surface area contributed by atoms with Crippen LogP contribution in [0, 0.1) is 0 Å². The first kappa shape index (κ1) is 17.7. The topological polar surface area (TPSA) is 55.8 Å². The first-order valence-corrected chi connectivity index (χ1v) is 7.55. The molecule has 2 aromatic carbocycles.